The SMILES string of the molecule is Cc1cc2c(N3CCC(C)C3CO)nc(N)nc2s1. The van der Waals surface area contributed by atoms with Crippen molar-refractivity contribution in [2.45, 2.75) is 26.3 Å². The van der Waals surface area contributed by atoms with Crippen molar-refractivity contribution in [1.82, 2.24) is 9.97 Å². The predicted molar refractivity (Wildman–Crippen MR) is 78.6 cm³/mol. The van der Waals surface area contributed by atoms with Crippen molar-refractivity contribution in [3.8, 4) is 0 Å². The number of nitrogens with two attached hydrogens (primary N) is 1. The fourth-order valence-electron chi connectivity index (χ4n) is 2.81. The Kier molecular flexibility index (Phi) is 3.06. The van der Waals surface area contributed by atoms with Gasteiger partial charge in [0.1, 0.15) is 10.6 Å². The lowest BCUT2D eigenvalue weighted by Crippen LogP contribution is -2.36. The summed E-state index contributed by atoms with van der Waals surface area (Å²) in [6.45, 7) is 5.28. The summed E-state index contributed by atoms with van der Waals surface area (Å²) < 4.78 is 0. The Labute approximate surface area is 116 Å². The van der Waals surface area contributed by atoms with Crippen LogP contribution in [0.1, 0.15) is 18.2 Å². The third-order valence-electron chi connectivity index (χ3n) is 3.85. The molecule has 6 heteroatoms. The molecule has 2 aromatic heterocycles. The molecule has 0 aromatic carbocycles. The van der Waals surface area contributed by atoms with Crippen LogP contribution in [0.5, 0.6) is 0 Å². The van der Waals surface area contributed by atoms with E-state index in [-0.39, 0.29) is 12.6 Å². The van der Waals surface area contributed by atoms with Crippen molar-refractivity contribution < 1.29 is 5.11 Å². The fraction of sp³-hybridized carbons (Fsp3) is 0.538. The first-order valence-electron chi connectivity index (χ1n) is 6.51. The number of nitrogens with zero attached hydrogens (tertiary/aromatic N) is 3. The number of fused-ring (bicyclic) bond motifs is 1. The second kappa shape index (κ2) is 4.61. The second-order valence-corrected chi connectivity index (χ2v) is 6.43. The van der Waals surface area contributed by atoms with E-state index in [9.17, 15) is 5.11 Å². The van der Waals surface area contributed by atoms with E-state index >= 15 is 0 Å². The van der Waals surface area contributed by atoms with E-state index in [1.165, 1.54) is 4.88 Å². The fourth-order valence-corrected chi connectivity index (χ4v) is 3.69. The number of rotatable bonds is 2. The maximum Gasteiger partial charge on any atom is 0.223 e. The number of thiophene rings is 1. The molecule has 2 aromatic rings. The van der Waals surface area contributed by atoms with Crippen molar-refractivity contribution in [2.24, 2.45) is 5.92 Å². The molecule has 0 bridgehead atoms. The summed E-state index contributed by atoms with van der Waals surface area (Å²) in [5.74, 6) is 1.65. The molecule has 3 N–H and O–H groups in total. The molecule has 1 fully saturated rings. The molecule has 2 unspecified atom stereocenters. The zero-order valence-corrected chi connectivity index (χ0v) is 11.9. The molecular formula is C13H18N4OS. The summed E-state index contributed by atoms with van der Waals surface area (Å²) in [6, 6.07) is 2.23. The van der Waals surface area contributed by atoms with Gasteiger partial charge in [0, 0.05) is 11.4 Å². The number of hydrogen-bond donors (Lipinski definition) is 2. The molecule has 102 valence electrons. The van der Waals surface area contributed by atoms with Crippen LogP contribution in [0.15, 0.2) is 6.07 Å². The number of aromatic nitrogens is 2. The Morgan fingerprint density at radius 3 is 3.05 bits per heavy atom. The number of aliphatic hydroxyl groups excluding tert-OH is 1. The van der Waals surface area contributed by atoms with Crippen LogP contribution in [0.2, 0.25) is 0 Å². The monoisotopic (exact) mass is 278 g/mol. The molecule has 2 atom stereocenters. The smallest absolute Gasteiger partial charge is 0.223 e. The minimum Gasteiger partial charge on any atom is -0.394 e. The van der Waals surface area contributed by atoms with Gasteiger partial charge in [-0.15, -0.1) is 11.3 Å². The van der Waals surface area contributed by atoms with Crippen LogP contribution in [-0.4, -0.2) is 34.3 Å². The van der Waals surface area contributed by atoms with Crippen LogP contribution < -0.4 is 10.6 Å². The zero-order valence-electron chi connectivity index (χ0n) is 11.1. The highest BCUT2D eigenvalue weighted by atomic mass is 32.1. The van der Waals surface area contributed by atoms with Crippen LogP contribution in [0.25, 0.3) is 10.2 Å². The van der Waals surface area contributed by atoms with E-state index in [2.05, 4.69) is 34.8 Å². The predicted octanol–water partition coefficient (Wildman–Crippen LogP) is 1.79. The lowest BCUT2D eigenvalue weighted by atomic mass is 10.0. The summed E-state index contributed by atoms with van der Waals surface area (Å²) in [6.07, 6.45) is 1.07. The molecule has 0 aliphatic carbocycles. The molecule has 0 radical (unpaired) electrons. The molecule has 3 rings (SSSR count). The van der Waals surface area contributed by atoms with Gasteiger partial charge in [-0.2, -0.15) is 4.98 Å². The summed E-state index contributed by atoms with van der Waals surface area (Å²) in [5, 5.41) is 10.6. The first kappa shape index (κ1) is 12.6. The van der Waals surface area contributed by atoms with E-state index in [0.29, 0.717) is 11.9 Å². The molecule has 3 heterocycles. The summed E-state index contributed by atoms with van der Waals surface area (Å²) >= 11 is 1.63. The van der Waals surface area contributed by atoms with E-state index in [1.54, 1.807) is 11.3 Å². The summed E-state index contributed by atoms with van der Waals surface area (Å²) in [4.78, 5) is 13.0. The van der Waals surface area contributed by atoms with Crippen molar-refractivity contribution in [3.63, 3.8) is 0 Å². The van der Waals surface area contributed by atoms with Gasteiger partial charge in [-0.25, -0.2) is 4.98 Å². The number of nitrogen functional groups attached to an aromatic ring is 1. The van der Waals surface area contributed by atoms with E-state index in [0.717, 1.165) is 29.0 Å². The topological polar surface area (TPSA) is 75.3 Å². The van der Waals surface area contributed by atoms with Gasteiger partial charge < -0.3 is 15.7 Å². The minimum absolute atomic E-state index is 0.123. The quantitative estimate of drug-likeness (QED) is 0.876. The maximum atomic E-state index is 9.60. The molecule has 1 saturated heterocycles. The average Bonchev–Trinajstić information content (AvgIpc) is 2.90. The molecule has 1 aliphatic rings. The Morgan fingerprint density at radius 1 is 1.53 bits per heavy atom. The largest absolute Gasteiger partial charge is 0.394 e. The molecule has 0 spiro atoms. The summed E-state index contributed by atoms with van der Waals surface area (Å²) in [7, 11) is 0. The molecule has 5 nitrogen and oxygen atoms in total. The number of anilines is 2. The lowest BCUT2D eigenvalue weighted by molar-refractivity contribution is 0.244. The highest BCUT2D eigenvalue weighted by Gasteiger charge is 2.32. The van der Waals surface area contributed by atoms with Crippen molar-refractivity contribution in [1.29, 1.82) is 0 Å². The van der Waals surface area contributed by atoms with Crippen LogP contribution >= 0.6 is 11.3 Å². The Balaban J connectivity index is 2.13. The maximum absolute atomic E-state index is 9.60. The van der Waals surface area contributed by atoms with Crippen LogP contribution in [-0.2, 0) is 0 Å². The average molecular weight is 278 g/mol. The minimum atomic E-state index is 0.123. The first-order chi connectivity index (χ1) is 9.10. The molecule has 1 aliphatic heterocycles. The normalized spacial score (nSPS) is 23.4. The molecule has 19 heavy (non-hydrogen) atoms. The van der Waals surface area contributed by atoms with Gasteiger partial charge in [-0.1, -0.05) is 6.92 Å². The molecular weight excluding hydrogens is 260 g/mol. The van der Waals surface area contributed by atoms with Crippen LogP contribution in [0, 0.1) is 12.8 Å². The first-order valence-corrected chi connectivity index (χ1v) is 7.33. The Hall–Kier alpha value is -1.40. The van der Waals surface area contributed by atoms with Gasteiger partial charge in [0.05, 0.1) is 18.0 Å². The Morgan fingerprint density at radius 2 is 2.32 bits per heavy atom. The van der Waals surface area contributed by atoms with Gasteiger partial charge in [-0.05, 0) is 25.3 Å². The van der Waals surface area contributed by atoms with Gasteiger partial charge >= 0.3 is 0 Å². The van der Waals surface area contributed by atoms with Gasteiger partial charge in [0.2, 0.25) is 5.95 Å². The second-order valence-electron chi connectivity index (χ2n) is 5.19. The van der Waals surface area contributed by atoms with E-state index in [1.807, 2.05) is 0 Å². The molecule has 0 amide bonds. The lowest BCUT2D eigenvalue weighted by Gasteiger charge is -2.26. The van der Waals surface area contributed by atoms with Crippen LogP contribution in [0.3, 0.4) is 0 Å². The summed E-state index contributed by atoms with van der Waals surface area (Å²) in [5.41, 5.74) is 5.82. The van der Waals surface area contributed by atoms with E-state index < -0.39 is 0 Å². The highest BCUT2D eigenvalue weighted by Crippen LogP contribution is 2.36. The molecule has 0 saturated carbocycles. The van der Waals surface area contributed by atoms with Crippen molar-refractivity contribution >= 4 is 33.3 Å². The van der Waals surface area contributed by atoms with Crippen molar-refractivity contribution in [2.75, 3.05) is 23.8 Å². The third-order valence-corrected chi connectivity index (χ3v) is 4.80. The van der Waals surface area contributed by atoms with E-state index in [4.69, 9.17) is 5.73 Å². The third kappa shape index (κ3) is 2.04. The Bertz CT molecular complexity index is 612. The van der Waals surface area contributed by atoms with Gasteiger partial charge in [0.15, 0.2) is 0 Å². The standard InChI is InChI=1S/C13H18N4OS/c1-7-3-4-17(10(7)6-18)11-9-5-8(2)19-12(9)16-13(14)15-11/h5,7,10,18H,3-4,6H2,1-2H3,(H2,14,15,16). The van der Waals surface area contributed by atoms with Crippen LogP contribution in [0.4, 0.5) is 11.8 Å². The zero-order chi connectivity index (χ0) is 13.6. The number of aryl methyl sites for hydroxylation is 1. The highest BCUT2D eigenvalue weighted by molar-refractivity contribution is 7.18. The van der Waals surface area contributed by atoms with Gasteiger partial charge in [-0.3, -0.25) is 0 Å². The van der Waals surface area contributed by atoms with Gasteiger partial charge in [0.25, 0.3) is 0 Å². The number of hydrogen-bond acceptors (Lipinski definition) is 6. The van der Waals surface area contributed by atoms with Crippen molar-refractivity contribution in [3.05, 3.63) is 10.9 Å². The number of aliphatic hydroxyl groups is 1.